The fraction of sp³-hybridized carbons (Fsp3) is 0.533. The van der Waals surface area contributed by atoms with E-state index in [4.69, 9.17) is 18.0 Å². The maximum atomic E-state index is 13.8. The van der Waals surface area contributed by atoms with Crippen LogP contribution in [0.15, 0.2) is 18.2 Å². The van der Waals surface area contributed by atoms with Gasteiger partial charge in [0.1, 0.15) is 10.8 Å². The van der Waals surface area contributed by atoms with Crippen LogP contribution < -0.4 is 11.1 Å². The maximum Gasteiger partial charge on any atom is 0.135 e. The minimum Gasteiger partial charge on any atom is -0.389 e. The summed E-state index contributed by atoms with van der Waals surface area (Å²) >= 11 is 4.80. The van der Waals surface area contributed by atoms with Crippen molar-refractivity contribution in [2.24, 2.45) is 23.5 Å². The largest absolute Gasteiger partial charge is 0.389 e. The van der Waals surface area contributed by atoms with Crippen LogP contribution in [0.1, 0.15) is 31.2 Å². The van der Waals surface area contributed by atoms with E-state index >= 15 is 0 Å². The Hall–Kier alpha value is -1.16. The second kappa shape index (κ2) is 5.08. The topological polar surface area (TPSA) is 38.0 Å². The summed E-state index contributed by atoms with van der Waals surface area (Å²) in [7, 11) is 0. The van der Waals surface area contributed by atoms with E-state index in [0.717, 1.165) is 30.0 Å². The molecule has 0 saturated heterocycles. The highest BCUT2D eigenvalue weighted by atomic mass is 32.1. The average Bonchev–Trinajstić information content (AvgIpc) is 3.23. The molecule has 2 nitrogen and oxygen atoms in total. The lowest BCUT2D eigenvalue weighted by atomic mass is 9.98. The van der Waals surface area contributed by atoms with Gasteiger partial charge in [-0.3, -0.25) is 0 Å². The summed E-state index contributed by atoms with van der Waals surface area (Å²) in [6.45, 7) is 0.960. The Labute approximate surface area is 118 Å². The van der Waals surface area contributed by atoms with Crippen molar-refractivity contribution in [2.45, 2.75) is 25.7 Å². The highest BCUT2D eigenvalue weighted by Crippen LogP contribution is 2.49. The second-order valence-corrected chi connectivity index (χ2v) is 6.22. The Bertz CT molecular complexity index is 483. The molecular weight excluding hydrogens is 259 g/mol. The molecule has 3 N–H and O–H groups in total. The molecule has 2 aliphatic rings. The molecule has 0 amide bonds. The second-order valence-electron chi connectivity index (χ2n) is 5.78. The van der Waals surface area contributed by atoms with E-state index in [0.29, 0.717) is 5.56 Å². The van der Waals surface area contributed by atoms with Gasteiger partial charge in [-0.1, -0.05) is 12.2 Å². The minimum atomic E-state index is -0.341. The van der Waals surface area contributed by atoms with E-state index in [-0.39, 0.29) is 10.8 Å². The lowest BCUT2D eigenvalue weighted by Crippen LogP contribution is -2.18. The molecule has 4 heteroatoms. The van der Waals surface area contributed by atoms with E-state index in [9.17, 15) is 4.39 Å². The fourth-order valence-electron chi connectivity index (χ4n) is 2.83. The average molecular weight is 278 g/mol. The summed E-state index contributed by atoms with van der Waals surface area (Å²) in [6, 6.07) is 5.00. The van der Waals surface area contributed by atoms with Crippen LogP contribution in [0, 0.1) is 23.6 Å². The van der Waals surface area contributed by atoms with Gasteiger partial charge in [0, 0.05) is 17.8 Å². The van der Waals surface area contributed by atoms with Crippen LogP contribution in [0.25, 0.3) is 0 Å². The molecule has 2 fully saturated rings. The normalized spacial score (nSPS) is 18.6. The molecule has 0 unspecified atom stereocenters. The third-order valence-corrected chi connectivity index (χ3v) is 4.45. The Kier molecular flexibility index (Phi) is 3.44. The van der Waals surface area contributed by atoms with Gasteiger partial charge in [-0.2, -0.15) is 0 Å². The van der Waals surface area contributed by atoms with Crippen molar-refractivity contribution < 1.29 is 4.39 Å². The van der Waals surface area contributed by atoms with E-state index < -0.39 is 0 Å². The zero-order valence-electron chi connectivity index (χ0n) is 10.9. The summed E-state index contributed by atoms with van der Waals surface area (Å²) in [5.41, 5.74) is 6.60. The Morgan fingerprint density at radius 3 is 2.42 bits per heavy atom. The van der Waals surface area contributed by atoms with Gasteiger partial charge in [0.2, 0.25) is 0 Å². The van der Waals surface area contributed by atoms with Crippen molar-refractivity contribution in [1.82, 2.24) is 0 Å². The van der Waals surface area contributed by atoms with Crippen LogP contribution in [0.5, 0.6) is 0 Å². The molecule has 1 aromatic rings. The number of hydrogen-bond donors (Lipinski definition) is 2. The molecule has 1 aromatic carbocycles. The van der Waals surface area contributed by atoms with Crippen molar-refractivity contribution in [1.29, 1.82) is 0 Å². The first kappa shape index (κ1) is 12.9. The first-order chi connectivity index (χ1) is 9.15. The fourth-order valence-corrected chi connectivity index (χ4v) is 2.99. The van der Waals surface area contributed by atoms with Crippen LogP contribution in [0.2, 0.25) is 0 Å². The predicted octanol–water partition coefficient (Wildman–Crippen LogP) is 3.31. The lowest BCUT2D eigenvalue weighted by molar-refractivity contribution is 0.428. The summed E-state index contributed by atoms with van der Waals surface area (Å²) in [4.78, 5) is 0.109. The van der Waals surface area contributed by atoms with Crippen molar-refractivity contribution in [3.8, 4) is 0 Å². The molecular formula is C15H19FN2S. The zero-order chi connectivity index (χ0) is 13.4. The molecule has 0 atom stereocenters. The maximum absolute atomic E-state index is 13.8. The van der Waals surface area contributed by atoms with Crippen LogP contribution in [0.3, 0.4) is 0 Å². The molecule has 3 rings (SSSR count). The van der Waals surface area contributed by atoms with Gasteiger partial charge in [0.05, 0.1) is 0 Å². The lowest BCUT2D eigenvalue weighted by Gasteiger charge is -2.17. The number of rotatable bonds is 6. The van der Waals surface area contributed by atoms with E-state index in [2.05, 4.69) is 5.32 Å². The smallest absolute Gasteiger partial charge is 0.135 e. The summed E-state index contributed by atoms with van der Waals surface area (Å²) in [5.74, 6) is 2.24. The van der Waals surface area contributed by atoms with Gasteiger partial charge >= 0.3 is 0 Å². The molecule has 2 saturated carbocycles. The number of thiocarbonyl (C=S) groups is 1. The molecule has 0 heterocycles. The zero-order valence-corrected chi connectivity index (χ0v) is 11.7. The first-order valence-electron chi connectivity index (χ1n) is 6.98. The van der Waals surface area contributed by atoms with Crippen molar-refractivity contribution in [3.05, 3.63) is 29.6 Å². The van der Waals surface area contributed by atoms with Crippen LogP contribution in [-0.2, 0) is 0 Å². The molecule has 19 heavy (non-hydrogen) atoms. The molecule has 2 aliphatic carbocycles. The van der Waals surface area contributed by atoms with Crippen molar-refractivity contribution >= 4 is 22.9 Å². The Morgan fingerprint density at radius 1 is 1.32 bits per heavy atom. The molecule has 0 bridgehead atoms. The van der Waals surface area contributed by atoms with E-state index in [1.165, 1.54) is 31.7 Å². The van der Waals surface area contributed by atoms with Gasteiger partial charge < -0.3 is 11.1 Å². The van der Waals surface area contributed by atoms with Gasteiger partial charge in [0.15, 0.2) is 0 Å². The number of halogens is 1. The summed E-state index contributed by atoms with van der Waals surface area (Å²) in [5, 5.41) is 3.37. The third-order valence-electron chi connectivity index (χ3n) is 4.23. The van der Waals surface area contributed by atoms with Crippen molar-refractivity contribution in [3.63, 3.8) is 0 Å². The van der Waals surface area contributed by atoms with Crippen molar-refractivity contribution in [2.75, 3.05) is 11.9 Å². The molecule has 0 aromatic heterocycles. The Balaban J connectivity index is 1.63. The van der Waals surface area contributed by atoms with Crippen LogP contribution in [-0.4, -0.2) is 11.5 Å². The minimum absolute atomic E-state index is 0.109. The molecule has 0 aliphatic heterocycles. The third kappa shape index (κ3) is 3.06. The highest BCUT2D eigenvalue weighted by molar-refractivity contribution is 7.80. The quantitative estimate of drug-likeness (QED) is 0.784. The number of nitrogens with one attached hydrogen (secondary N) is 1. The monoisotopic (exact) mass is 278 g/mol. The van der Waals surface area contributed by atoms with Gasteiger partial charge in [-0.15, -0.1) is 0 Å². The van der Waals surface area contributed by atoms with Crippen LogP contribution >= 0.6 is 12.2 Å². The molecule has 0 spiro atoms. The standard InChI is InChI=1S/C15H19FN2S/c16-14-7-11(5-6-12(14)15(17)19)18-8-13(9-1-2-9)10-3-4-10/h5-7,9-10,13,18H,1-4,8H2,(H2,17,19). The predicted molar refractivity (Wildman–Crippen MR) is 79.7 cm³/mol. The van der Waals surface area contributed by atoms with E-state index in [1.54, 1.807) is 6.07 Å². The molecule has 102 valence electrons. The SMILES string of the molecule is NC(=S)c1ccc(NCC(C2CC2)C2CC2)cc1F. The summed E-state index contributed by atoms with van der Waals surface area (Å²) in [6.07, 6.45) is 5.49. The number of benzene rings is 1. The molecule has 0 radical (unpaired) electrons. The van der Waals surface area contributed by atoms with Gasteiger partial charge in [-0.05, 0) is 61.6 Å². The van der Waals surface area contributed by atoms with Gasteiger partial charge in [-0.25, -0.2) is 4.39 Å². The van der Waals surface area contributed by atoms with Crippen LogP contribution in [0.4, 0.5) is 10.1 Å². The van der Waals surface area contributed by atoms with Gasteiger partial charge in [0.25, 0.3) is 0 Å². The number of anilines is 1. The number of nitrogens with two attached hydrogens (primary N) is 1. The van der Waals surface area contributed by atoms with E-state index in [1.807, 2.05) is 6.07 Å². The summed E-state index contributed by atoms with van der Waals surface area (Å²) < 4.78 is 13.8. The Morgan fingerprint density at radius 2 is 1.95 bits per heavy atom. The number of hydrogen-bond acceptors (Lipinski definition) is 2. The first-order valence-corrected chi connectivity index (χ1v) is 7.39. The highest BCUT2D eigenvalue weighted by Gasteiger charge is 2.40.